The van der Waals surface area contributed by atoms with Crippen LogP contribution in [0.15, 0.2) is 6.07 Å². The molecule has 0 unspecified atom stereocenters. The van der Waals surface area contributed by atoms with Gasteiger partial charge in [-0.05, 0) is 26.2 Å². The van der Waals surface area contributed by atoms with Crippen molar-refractivity contribution in [1.82, 2.24) is 29.4 Å². The van der Waals surface area contributed by atoms with Crippen LogP contribution in [0, 0.1) is 6.92 Å². The average molecular weight is 409 g/mol. The highest BCUT2D eigenvalue weighted by molar-refractivity contribution is 5.56. The Labute approximate surface area is 165 Å². The van der Waals surface area contributed by atoms with Gasteiger partial charge in [0, 0.05) is 32.6 Å². The Hall–Kier alpha value is -2.85. The SMILES string of the molecule is COc1cc(CCc2nc(N3CCCC3)nn2C)nn2c(C)c(C(F)(F)F)nc12. The fraction of sp³-hybridized carbons (Fsp3) is 0.556. The Morgan fingerprint density at radius 1 is 1.10 bits per heavy atom. The lowest BCUT2D eigenvalue weighted by Gasteiger charge is -2.10. The van der Waals surface area contributed by atoms with Gasteiger partial charge in [-0.3, -0.25) is 4.68 Å². The maximum Gasteiger partial charge on any atom is 0.435 e. The van der Waals surface area contributed by atoms with Gasteiger partial charge in [-0.25, -0.2) is 9.50 Å². The summed E-state index contributed by atoms with van der Waals surface area (Å²) in [6.45, 7) is 3.27. The zero-order valence-electron chi connectivity index (χ0n) is 16.5. The molecular weight excluding hydrogens is 387 g/mol. The number of rotatable bonds is 5. The van der Waals surface area contributed by atoms with Crippen molar-refractivity contribution in [3.05, 3.63) is 29.0 Å². The molecule has 0 amide bonds. The predicted octanol–water partition coefficient (Wildman–Crippen LogP) is 2.58. The van der Waals surface area contributed by atoms with Gasteiger partial charge < -0.3 is 9.64 Å². The fourth-order valence-electron chi connectivity index (χ4n) is 3.60. The molecule has 0 saturated carbocycles. The highest BCUT2D eigenvalue weighted by Gasteiger charge is 2.37. The molecule has 1 aliphatic heterocycles. The summed E-state index contributed by atoms with van der Waals surface area (Å²) < 4.78 is 47.8. The minimum Gasteiger partial charge on any atom is -0.493 e. The number of hydrogen-bond donors (Lipinski definition) is 0. The predicted molar refractivity (Wildman–Crippen MR) is 99.1 cm³/mol. The second-order valence-corrected chi connectivity index (χ2v) is 7.13. The molecule has 8 nitrogen and oxygen atoms in total. The molecule has 11 heteroatoms. The van der Waals surface area contributed by atoms with Crippen molar-refractivity contribution in [1.29, 1.82) is 0 Å². The maximum absolute atomic E-state index is 13.2. The summed E-state index contributed by atoms with van der Waals surface area (Å²) in [6, 6.07) is 1.62. The third-order valence-corrected chi connectivity index (χ3v) is 5.15. The minimum absolute atomic E-state index is 0.0519. The second kappa shape index (κ2) is 7.20. The van der Waals surface area contributed by atoms with Crippen molar-refractivity contribution in [3.63, 3.8) is 0 Å². The molecule has 0 aliphatic carbocycles. The van der Waals surface area contributed by atoms with Crippen LogP contribution < -0.4 is 9.64 Å². The number of nitrogens with zero attached hydrogens (tertiary/aromatic N) is 7. The number of halogens is 3. The zero-order chi connectivity index (χ0) is 20.8. The van der Waals surface area contributed by atoms with Crippen molar-refractivity contribution < 1.29 is 17.9 Å². The first kappa shape index (κ1) is 19.5. The van der Waals surface area contributed by atoms with E-state index in [1.807, 2.05) is 7.05 Å². The zero-order valence-corrected chi connectivity index (χ0v) is 16.5. The Kier molecular flexibility index (Phi) is 4.83. The van der Waals surface area contributed by atoms with Crippen molar-refractivity contribution in [3.8, 4) is 5.75 Å². The normalized spacial score (nSPS) is 14.9. The van der Waals surface area contributed by atoms with E-state index in [0.29, 0.717) is 18.5 Å². The number of fused-ring (bicyclic) bond motifs is 1. The van der Waals surface area contributed by atoms with E-state index in [4.69, 9.17) is 4.74 Å². The van der Waals surface area contributed by atoms with Gasteiger partial charge in [0.2, 0.25) is 5.95 Å². The molecule has 1 saturated heterocycles. The number of alkyl halides is 3. The monoisotopic (exact) mass is 409 g/mol. The third kappa shape index (κ3) is 3.60. The number of imidazole rings is 1. The van der Waals surface area contributed by atoms with E-state index < -0.39 is 11.9 Å². The topological polar surface area (TPSA) is 73.4 Å². The van der Waals surface area contributed by atoms with Gasteiger partial charge in [-0.15, -0.1) is 5.10 Å². The van der Waals surface area contributed by atoms with Gasteiger partial charge in [0.05, 0.1) is 18.5 Å². The van der Waals surface area contributed by atoms with Crippen molar-refractivity contribution in [2.45, 2.75) is 38.8 Å². The van der Waals surface area contributed by atoms with Gasteiger partial charge in [-0.1, -0.05) is 0 Å². The van der Waals surface area contributed by atoms with Crippen LogP contribution in [0.4, 0.5) is 19.1 Å². The molecule has 1 aliphatic rings. The van der Waals surface area contributed by atoms with E-state index in [1.165, 1.54) is 18.5 Å². The number of methoxy groups -OCH3 is 1. The van der Waals surface area contributed by atoms with Crippen LogP contribution in [-0.2, 0) is 26.1 Å². The molecule has 3 aromatic heterocycles. The maximum atomic E-state index is 13.2. The highest BCUT2D eigenvalue weighted by atomic mass is 19.4. The standard InChI is InChI=1S/C18H22F3N7O/c1-11-15(18(19,20)21)23-16-13(29-3)10-12(24-28(11)16)6-7-14-22-17(25-26(14)2)27-8-4-5-9-27/h10H,4-9H2,1-3H3. The van der Waals surface area contributed by atoms with Gasteiger partial charge >= 0.3 is 6.18 Å². The summed E-state index contributed by atoms with van der Waals surface area (Å²) >= 11 is 0. The van der Waals surface area contributed by atoms with E-state index >= 15 is 0 Å². The van der Waals surface area contributed by atoms with Crippen LogP contribution in [0.1, 0.15) is 35.7 Å². The smallest absolute Gasteiger partial charge is 0.435 e. The van der Waals surface area contributed by atoms with Crippen LogP contribution in [0.3, 0.4) is 0 Å². The summed E-state index contributed by atoms with van der Waals surface area (Å²) in [5, 5.41) is 8.83. The summed E-state index contributed by atoms with van der Waals surface area (Å²) in [5.74, 6) is 1.77. The molecule has 0 aromatic carbocycles. The van der Waals surface area contributed by atoms with E-state index in [9.17, 15) is 13.2 Å². The molecule has 0 atom stereocenters. The molecule has 0 bridgehead atoms. The Balaban J connectivity index is 1.61. The first-order chi connectivity index (χ1) is 13.8. The van der Waals surface area contributed by atoms with Crippen molar-refractivity contribution in [2.75, 3.05) is 25.1 Å². The Bertz CT molecular complexity index is 1030. The van der Waals surface area contributed by atoms with Crippen molar-refractivity contribution in [2.24, 2.45) is 7.05 Å². The number of anilines is 1. The second-order valence-electron chi connectivity index (χ2n) is 7.13. The molecule has 1 fully saturated rings. The number of ether oxygens (including phenoxy) is 1. The molecule has 4 rings (SSSR count). The summed E-state index contributed by atoms with van der Waals surface area (Å²) in [7, 11) is 3.25. The molecule has 29 heavy (non-hydrogen) atoms. The van der Waals surface area contributed by atoms with Gasteiger partial charge in [0.25, 0.3) is 0 Å². The summed E-state index contributed by atoms with van der Waals surface area (Å²) in [4.78, 5) is 10.5. The summed E-state index contributed by atoms with van der Waals surface area (Å²) in [5.41, 5.74) is -0.378. The molecular formula is C18H22F3N7O. The van der Waals surface area contributed by atoms with Crippen LogP contribution >= 0.6 is 0 Å². The van der Waals surface area contributed by atoms with Crippen LogP contribution in [0.5, 0.6) is 5.75 Å². The van der Waals surface area contributed by atoms with Crippen LogP contribution in [0.2, 0.25) is 0 Å². The lowest BCUT2D eigenvalue weighted by molar-refractivity contribution is -0.141. The van der Waals surface area contributed by atoms with Gasteiger partial charge in [0.1, 0.15) is 5.82 Å². The van der Waals surface area contributed by atoms with Crippen molar-refractivity contribution >= 4 is 11.6 Å². The lowest BCUT2D eigenvalue weighted by Crippen LogP contribution is -2.19. The molecule has 0 radical (unpaired) electrons. The third-order valence-electron chi connectivity index (χ3n) is 5.15. The highest BCUT2D eigenvalue weighted by Crippen LogP contribution is 2.33. The first-order valence-corrected chi connectivity index (χ1v) is 9.43. The summed E-state index contributed by atoms with van der Waals surface area (Å²) in [6.07, 6.45) is -1.23. The van der Waals surface area contributed by atoms with E-state index in [0.717, 1.165) is 37.7 Å². The largest absolute Gasteiger partial charge is 0.493 e. The van der Waals surface area contributed by atoms with E-state index in [2.05, 4.69) is 25.1 Å². The number of aromatic nitrogens is 6. The van der Waals surface area contributed by atoms with Gasteiger partial charge in [-0.2, -0.15) is 23.3 Å². The molecule has 3 aromatic rings. The Morgan fingerprint density at radius 3 is 2.48 bits per heavy atom. The lowest BCUT2D eigenvalue weighted by atomic mass is 10.2. The fourth-order valence-corrected chi connectivity index (χ4v) is 3.60. The average Bonchev–Trinajstić information content (AvgIpc) is 3.38. The molecule has 156 valence electrons. The quantitative estimate of drug-likeness (QED) is 0.645. The van der Waals surface area contributed by atoms with E-state index in [1.54, 1.807) is 10.7 Å². The number of aryl methyl sites for hydroxylation is 4. The van der Waals surface area contributed by atoms with E-state index in [-0.39, 0.29) is 17.1 Å². The number of hydrogen-bond acceptors (Lipinski definition) is 6. The first-order valence-electron chi connectivity index (χ1n) is 9.43. The minimum atomic E-state index is -4.55. The van der Waals surface area contributed by atoms with Crippen LogP contribution in [0.25, 0.3) is 5.65 Å². The molecule has 4 heterocycles. The van der Waals surface area contributed by atoms with Gasteiger partial charge in [0.15, 0.2) is 17.1 Å². The molecule has 0 N–H and O–H groups in total. The Morgan fingerprint density at radius 2 is 1.83 bits per heavy atom. The molecule has 0 spiro atoms. The van der Waals surface area contributed by atoms with Crippen LogP contribution in [-0.4, -0.2) is 49.6 Å².